The zero-order valence-corrected chi connectivity index (χ0v) is 18.2. The third-order valence-electron chi connectivity index (χ3n) is 6.21. The second kappa shape index (κ2) is 9.13. The molecule has 2 aromatic rings. The zero-order chi connectivity index (χ0) is 21.9. The number of hydrogen-bond donors (Lipinski definition) is 0. The summed E-state index contributed by atoms with van der Waals surface area (Å²) in [5.74, 6) is -0.963. The Balaban J connectivity index is 1.74. The monoisotopic (exact) mass is 415 g/mol. The number of hydrogen-bond acceptors (Lipinski definition) is 4. The number of benzene rings is 1. The van der Waals surface area contributed by atoms with Gasteiger partial charge in [0.05, 0.1) is 18.1 Å². The highest BCUT2D eigenvalue weighted by Crippen LogP contribution is 2.42. The molecule has 1 aromatic heterocycles. The Morgan fingerprint density at radius 2 is 1.80 bits per heavy atom. The van der Waals surface area contributed by atoms with Crippen molar-refractivity contribution in [3.05, 3.63) is 58.7 Å². The fraction of sp³-hybridized carbons (Fsp3) is 0.500. The van der Waals surface area contributed by atoms with Crippen LogP contribution in [0.5, 0.6) is 0 Å². The summed E-state index contributed by atoms with van der Waals surface area (Å²) in [5.41, 5.74) is 2.33. The van der Waals surface area contributed by atoms with E-state index in [0.717, 1.165) is 29.8 Å². The number of Topliss-reactive ketones (excluding diaryl/α,β-unsaturated/α-hetero) is 1. The van der Waals surface area contributed by atoms with E-state index in [1.165, 1.54) is 12.1 Å². The van der Waals surface area contributed by atoms with Gasteiger partial charge in [-0.25, -0.2) is 4.39 Å². The first-order valence-corrected chi connectivity index (χ1v) is 10.4. The summed E-state index contributed by atoms with van der Waals surface area (Å²) in [6, 6.07) is 7.96. The van der Waals surface area contributed by atoms with E-state index in [4.69, 9.17) is 9.47 Å². The maximum atomic E-state index is 13.3. The molecule has 0 spiro atoms. The molecule has 6 heteroatoms. The van der Waals surface area contributed by atoms with Crippen LogP contribution in [0.3, 0.4) is 0 Å². The van der Waals surface area contributed by atoms with Crippen LogP contribution in [0.1, 0.15) is 66.0 Å². The minimum Gasteiger partial charge on any atom is -0.457 e. The van der Waals surface area contributed by atoms with Gasteiger partial charge in [0.15, 0.2) is 6.61 Å². The van der Waals surface area contributed by atoms with Crippen molar-refractivity contribution in [2.45, 2.75) is 57.9 Å². The van der Waals surface area contributed by atoms with Crippen molar-refractivity contribution in [3.63, 3.8) is 0 Å². The molecule has 162 valence electrons. The second-order valence-corrected chi connectivity index (χ2v) is 8.25. The molecule has 1 aromatic carbocycles. The Kier molecular flexibility index (Phi) is 6.76. The predicted octanol–water partition coefficient (Wildman–Crippen LogP) is 4.69. The number of carbonyl (C=O) groups is 2. The molecule has 0 N–H and O–H groups in total. The number of methoxy groups -OCH3 is 1. The molecule has 1 heterocycles. The lowest BCUT2D eigenvalue weighted by molar-refractivity contribution is -0.149. The van der Waals surface area contributed by atoms with Crippen LogP contribution in [0.25, 0.3) is 0 Å². The number of ketones is 1. The van der Waals surface area contributed by atoms with E-state index < -0.39 is 11.4 Å². The van der Waals surface area contributed by atoms with Crippen molar-refractivity contribution in [2.24, 2.45) is 0 Å². The molecule has 1 saturated carbocycles. The maximum Gasteiger partial charge on any atom is 0.317 e. The molecule has 1 aliphatic carbocycles. The molecule has 3 rings (SSSR count). The lowest BCUT2D eigenvalue weighted by atomic mass is 9.79. The number of aromatic nitrogens is 1. The number of halogens is 1. The molecule has 0 radical (unpaired) electrons. The van der Waals surface area contributed by atoms with Gasteiger partial charge >= 0.3 is 5.97 Å². The van der Waals surface area contributed by atoms with Crippen LogP contribution in [-0.4, -0.2) is 36.6 Å². The lowest BCUT2D eigenvalue weighted by Gasteiger charge is -2.27. The van der Waals surface area contributed by atoms with Gasteiger partial charge in [-0.2, -0.15) is 0 Å². The molecule has 1 atom stereocenters. The fourth-order valence-corrected chi connectivity index (χ4v) is 4.76. The van der Waals surface area contributed by atoms with E-state index >= 15 is 0 Å². The number of ether oxygens (including phenoxy) is 2. The van der Waals surface area contributed by atoms with Gasteiger partial charge in [-0.05, 0) is 57.4 Å². The van der Waals surface area contributed by atoms with Gasteiger partial charge in [0.2, 0.25) is 5.78 Å². The summed E-state index contributed by atoms with van der Waals surface area (Å²) in [4.78, 5) is 25.9. The van der Waals surface area contributed by atoms with E-state index in [2.05, 4.69) is 4.57 Å². The Morgan fingerprint density at radius 3 is 2.40 bits per heavy atom. The SMILES string of the molecule is COC[C@@H](C)n1c(C)cc(C(=O)COC(=O)C2(c3ccc(F)cc3)CCCC2)c1C. The van der Waals surface area contributed by atoms with Crippen LogP contribution in [-0.2, 0) is 19.7 Å². The smallest absolute Gasteiger partial charge is 0.317 e. The van der Waals surface area contributed by atoms with E-state index in [1.807, 2.05) is 26.8 Å². The zero-order valence-electron chi connectivity index (χ0n) is 18.2. The van der Waals surface area contributed by atoms with Crippen LogP contribution in [0, 0.1) is 19.7 Å². The molecular weight excluding hydrogens is 385 g/mol. The van der Waals surface area contributed by atoms with Gasteiger partial charge in [-0.15, -0.1) is 0 Å². The molecule has 0 unspecified atom stereocenters. The third kappa shape index (κ3) is 4.19. The molecule has 0 amide bonds. The second-order valence-electron chi connectivity index (χ2n) is 8.25. The molecule has 0 bridgehead atoms. The van der Waals surface area contributed by atoms with Gasteiger partial charge in [-0.1, -0.05) is 25.0 Å². The molecule has 0 saturated heterocycles. The van der Waals surface area contributed by atoms with Crippen LogP contribution in [0.2, 0.25) is 0 Å². The van der Waals surface area contributed by atoms with Crippen LogP contribution in [0.4, 0.5) is 4.39 Å². The Hall–Kier alpha value is -2.47. The Labute approximate surface area is 177 Å². The first-order valence-electron chi connectivity index (χ1n) is 10.4. The van der Waals surface area contributed by atoms with Crippen molar-refractivity contribution < 1.29 is 23.5 Å². The minimum absolute atomic E-state index is 0.0966. The summed E-state index contributed by atoms with van der Waals surface area (Å²) < 4.78 is 26.2. The van der Waals surface area contributed by atoms with Gasteiger partial charge < -0.3 is 14.0 Å². The average molecular weight is 416 g/mol. The number of nitrogens with zero attached hydrogens (tertiary/aromatic N) is 1. The molecule has 1 fully saturated rings. The lowest BCUT2D eigenvalue weighted by Crippen LogP contribution is -2.36. The molecule has 5 nitrogen and oxygen atoms in total. The molecular formula is C24H30FNO4. The predicted molar refractivity (Wildman–Crippen MR) is 112 cm³/mol. The van der Waals surface area contributed by atoms with Crippen molar-refractivity contribution >= 4 is 11.8 Å². The summed E-state index contributed by atoms with van der Waals surface area (Å²) in [7, 11) is 1.65. The van der Waals surface area contributed by atoms with E-state index in [0.29, 0.717) is 25.0 Å². The van der Waals surface area contributed by atoms with E-state index in [9.17, 15) is 14.0 Å². The first-order chi connectivity index (χ1) is 14.3. The van der Waals surface area contributed by atoms with Gasteiger partial charge in [0, 0.05) is 24.1 Å². The topological polar surface area (TPSA) is 57.5 Å². The van der Waals surface area contributed by atoms with Crippen LogP contribution >= 0.6 is 0 Å². The first kappa shape index (κ1) is 22.2. The Bertz CT molecular complexity index is 910. The Morgan fingerprint density at radius 1 is 1.17 bits per heavy atom. The molecule has 0 aliphatic heterocycles. The number of rotatable bonds is 8. The number of esters is 1. The van der Waals surface area contributed by atoms with Gasteiger partial charge in [-0.3, -0.25) is 9.59 Å². The summed E-state index contributed by atoms with van der Waals surface area (Å²) in [6.45, 7) is 6.11. The average Bonchev–Trinajstić information content (AvgIpc) is 3.32. The van der Waals surface area contributed by atoms with Crippen molar-refractivity contribution in [2.75, 3.05) is 20.3 Å². The van der Waals surface area contributed by atoms with Gasteiger partial charge in [0.1, 0.15) is 5.82 Å². The fourth-order valence-electron chi connectivity index (χ4n) is 4.76. The highest BCUT2D eigenvalue weighted by atomic mass is 19.1. The highest BCUT2D eigenvalue weighted by Gasteiger charge is 2.44. The third-order valence-corrected chi connectivity index (χ3v) is 6.21. The quantitative estimate of drug-likeness (QED) is 0.464. The number of carbonyl (C=O) groups excluding carboxylic acids is 2. The summed E-state index contributed by atoms with van der Waals surface area (Å²) >= 11 is 0. The van der Waals surface area contributed by atoms with Crippen LogP contribution < -0.4 is 0 Å². The minimum atomic E-state index is -0.794. The van der Waals surface area contributed by atoms with Gasteiger partial charge in [0.25, 0.3) is 0 Å². The van der Waals surface area contributed by atoms with Crippen molar-refractivity contribution in [3.8, 4) is 0 Å². The van der Waals surface area contributed by atoms with Crippen LogP contribution in [0.15, 0.2) is 30.3 Å². The standard InChI is InChI=1S/C24H30FNO4/c1-16-13-21(18(3)26(16)17(2)14-29-4)22(27)15-30-23(28)24(11-5-6-12-24)19-7-9-20(25)10-8-19/h7-10,13,17H,5-6,11-12,14-15H2,1-4H3/t17-/m1/s1. The normalized spacial score (nSPS) is 16.4. The largest absolute Gasteiger partial charge is 0.457 e. The van der Waals surface area contributed by atoms with E-state index in [-0.39, 0.29) is 24.2 Å². The summed E-state index contributed by atoms with van der Waals surface area (Å²) in [5, 5.41) is 0. The van der Waals surface area contributed by atoms with E-state index in [1.54, 1.807) is 19.2 Å². The van der Waals surface area contributed by atoms with Crippen molar-refractivity contribution in [1.29, 1.82) is 0 Å². The maximum absolute atomic E-state index is 13.3. The molecule has 30 heavy (non-hydrogen) atoms. The van der Waals surface area contributed by atoms with Crippen molar-refractivity contribution in [1.82, 2.24) is 4.57 Å². The highest BCUT2D eigenvalue weighted by molar-refractivity contribution is 5.99. The summed E-state index contributed by atoms with van der Waals surface area (Å²) in [6.07, 6.45) is 3.10. The molecule has 1 aliphatic rings. The number of aryl methyl sites for hydroxylation is 1.